The van der Waals surface area contributed by atoms with Gasteiger partial charge in [0.05, 0.1) is 19.2 Å². The summed E-state index contributed by atoms with van der Waals surface area (Å²) in [6.07, 6.45) is 2.71. The van der Waals surface area contributed by atoms with Crippen LogP contribution in [0.5, 0.6) is 0 Å². The first-order valence-electron chi connectivity index (χ1n) is 7.34. The molecule has 2 unspecified atom stereocenters. The Morgan fingerprint density at radius 3 is 2.91 bits per heavy atom. The predicted molar refractivity (Wildman–Crippen MR) is 94.7 cm³/mol. The molecule has 2 N–H and O–H groups in total. The molecule has 124 valence electrons. The summed E-state index contributed by atoms with van der Waals surface area (Å²) in [4.78, 5) is 14.3. The van der Waals surface area contributed by atoms with Crippen molar-refractivity contribution in [2.75, 3.05) is 31.7 Å². The molecule has 6 heteroatoms. The number of thioether (sulfide) groups is 1. The monoisotopic (exact) mass is 344 g/mol. The Balaban J connectivity index is 0.00000242. The first-order valence-corrected chi connectivity index (χ1v) is 8.73. The van der Waals surface area contributed by atoms with Gasteiger partial charge in [0.15, 0.2) is 0 Å². The Hall–Kier alpha value is -0.750. The fraction of sp³-hybridized carbons (Fsp3) is 0.562. The average molecular weight is 345 g/mol. The topological polar surface area (TPSA) is 55.6 Å². The smallest absolute Gasteiger partial charge is 0.239 e. The molecule has 1 amide bonds. The highest BCUT2D eigenvalue weighted by atomic mass is 35.5. The minimum Gasteiger partial charge on any atom is -0.370 e. The van der Waals surface area contributed by atoms with Crippen molar-refractivity contribution in [2.45, 2.75) is 25.5 Å². The number of hydrogen-bond donors (Lipinski definition) is 1. The summed E-state index contributed by atoms with van der Waals surface area (Å²) >= 11 is 1.72. The molecule has 1 aliphatic rings. The number of aryl methyl sites for hydroxylation is 1. The highest BCUT2D eigenvalue weighted by molar-refractivity contribution is 7.98. The van der Waals surface area contributed by atoms with Crippen molar-refractivity contribution in [3.63, 3.8) is 0 Å². The van der Waals surface area contributed by atoms with Crippen molar-refractivity contribution in [3.8, 4) is 0 Å². The van der Waals surface area contributed by atoms with Gasteiger partial charge in [0.25, 0.3) is 0 Å². The van der Waals surface area contributed by atoms with E-state index in [4.69, 9.17) is 10.5 Å². The molecule has 0 spiro atoms. The van der Waals surface area contributed by atoms with E-state index in [1.807, 2.05) is 23.3 Å². The fourth-order valence-electron chi connectivity index (χ4n) is 2.59. The van der Waals surface area contributed by atoms with E-state index in [0.29, 0.717) is 19.7 Å². The highest BCUT2D eigenvalue weighted by Crippen LogP contribution is 2.25. The summed E-state index contributed by atoms with van der Waals surface area (Å²) in [6.45, 7) is 3.87. The van der Waals surface area contributed by atoms with Crippen LogP contribution in [0.2, 0.25) is 0 Å². The van der Waals surface area contributed by atoms with E-state index >= 15 is 0 Å². The Morgan fingerprint density at radius 2 is 2.23 bits per heavy atom. The lowest BCUT2D eigenvalue weighted by molar-refractivity contribution is -0.140. The Morgan fingerprint density at radius 1 is 1.50 bits per heavy atom. The summed E-state index contributed by atoms with van der Waals surface area (Å²) in [5.74, 6) is 0.962. The van der Waals surface area contributed by atoms with Gasteiger partial charge in [-0.15, -0.1) is 12.4 Å². The minimum atomic E-state index is -0.395. The molecule has 1 saturated heterocycles. The predicted octanol–water partition coefficient (Wildman–Crippen LogP) is 2.40. The lowest BCUT2D eigenvalue weighted by Gasteiger charge is -2.35. The van der Waals surface area contributed by atoms with E-state index in [-0.39, 0.29) is 24.4 Å². The minimum absolute atomic E-state index is 0. The Bertz CT molecular complexity index is 487. The van der Waals surface area contributed by atoms with Gasteiger partial charge in [-0.2, -0.15) is 11.8 Å². The summed E-state index contributed by atoms with van der Waals surface area (Å²) in [5.41, 5.74) is 8.36. The summed E-state index contributed by atoms with van der Waals surface area (Å²) < 4.78 is 5.85. The number of halogens is 1. The van der Waals surface area contributed by atoms with Gasteiger partial charge in [0.1, 0.15) is 6.10 Å². The first-order chi connectivity index (χ1) is 10.1. The van der Waals surface area contributed by atoms with Gasteiger partial charge in [-0.05, 0) is 36.5 Å². The van der Waals surface area contributed by atoms with Gasteiger partial charge in [-0.1, -0.05) is 24.3 Å². The van der Waals surface area contributed by atoms with Crippen molar-refractivity contribution in [1.29, 1.82) is 0 Å². The third kappa shape index (κ3) is 4.88. The molecule has 0 aliphatic carbocycles. The Labute approximate surface area is 143 Å². The van der Waals surface area contributed by atoms with Gasteiger partial charge in [0.2, 0.25) is 5.91 Å². The molecule has 22 heavy (non-hydrogen) atoms. The molecule has 2 rings (SSSR count). The molecule has 1 aromatic rings. The van der Waals surface area contributed by atoms with E-state index in [9.17, 15) is 4.79 Å². The molecule has 1 aromatic carbocycles. The number of nitrogens with zero attached hydrogens (tertiary/aromatic N) is 1. The molecule has 2 atom stereocenters. The zero-order valence-electron chi connectivity index (χ0n) is 13.2. The maximum absolute atomic E-state index is 12.4. The summed E-state index contributed by atoms with van der Waals surface area (Å²) in [6, 6.07) is 7.78. The standard InChI is InChI=1S/C16H24N2O2S.ClH/c1-12-5-3-4-6-13(12)15-11-18(8-9-20-15)16(19)14(17)7-10-21-2;/h3-6,14-15H,7-11,17H2,1-2H3;1H. The summed E-state index contributed by atoms with van der Waals surface area (Å²) in [5, 5.41) is 0. The molecular formula is C16H25ClN2O2S. The number of hydrogen-bond acceptors (Lipinski definition) is 4. The van der Waals surface area contributed by atoms with Crippen LogP contribution in [0.15, 0.2) is 24.3 Å². The van der Waals surface area contributed by atoms with E-state index < -0.39 is 6.04 Å². The van der Waals surface area contributed by atoms with Gasteiger partial charge in [-0.3, -0.25) is 4.79 Å². The lowest BCUT2D eigenvalue weighted by atomic mass is 10.0. The number of carbonyl (C=O) groups excluding carboxylic acids is 1. The maximum atomic E-state index is 12.4. The van der Waals surface area contributed by atoms with Crippen LogP contribution < -0.4 is 5.73 Å². The fourth-order valence-corrected chi connectivity index (χ4v) is 3.08. The van der Waals surface area contributed by atoms with Crippen molar-refractivity contribution in [3.05, 3.63) is 35.4 Å². The zero-order valence-corrected chi connectivity index (χ0v) is 14.8. The number of ether oxygens (including phenoxy) is 1. The number of nitrogens with two attached hydrogens (primary N) is 1. The van der Waals surface area contributed by atoms with E-state index in [1.165, 1.54) is 5.56 Å². The molecule has 1 fully saturated rings. The molecule has 0 bridgehead atoms. The van der Waals surface area contributed by atoms with Crippen LogP contribution in [0.4, 0.5) is 0 Å². The zero-order chi connectivity index (χ0) is 15.2. The average Bonchev–Trinajstić information content (AvgIpc) is 2.52. The summed E-state index contributed by atoms with van der Waals surface area (Å²) in [7, 11) is 0. The molecule has 4 nitrogen and oxygen atoms in total. The number of carbonyl (C=O) groups is 1. The van der Waals surface area contributed by atoms with Crippen molar-refractivity contribution >= 4 is 30.1 Å². The van der Waals surface area contributed by atoms with E-state index in [2.05, 4.69) is 19.1 Å². The second-order valence-corrected chi connectivity index (χ2v) is 6.37. The van der Waals surface area contributed by atoms with Gasteiger partial charge >= 0.3 is 0 Å². The van der Waals surface area contributed by atoms with Crippen molar-refractivity contribution < 1.29 is 9.53 Å². The quantitative estimate of drug-likeness (QED) is 0.891. The largest absolute Gasteiger partial charge is 0.370 e. The van der Waals surface area contributed by atoms with Crippen LogP contribution in [-0.2, 0) is 9.53 Å². The second kappa shape index (κ2) is 9.40. The van der Waals surface area contributed by atoms with E-state index in [1.54, 1.807) is 11.8 Å². The van der Waals surface area contributed by atoms with Crippen LogP contribution in [0, 0.1) is 6.92 Å². The van der Waals surface area contributed by atoms with Crippen LogP contribution >= 0.6 is 24.2 Å². The van der Waals surface area contributed by atoms with Crippen molar-refractivity contribution in [1.82, 2.24) is 4.90 Å². The number of rotatable bonds is 5. The number of morpholine rings is 1. The second-order valence-electron chi connectivity index (χ2n) is 5.39. The molecule has 0 radical (unpaired) electrons. The molecule has 0 aromatic heterocycles. The van der Waals surface area contributed by atoms with Crippen molar-refractivity contribution in [2.24, 2.45) is 5.73 Å². The SMILES string of the molecule is CSCCC(N)C(=O)N1CCOC(c2ccccc2C)C1.Cl. The Kier molecular flexibility index (Phi) is 8.25. The molecule has 1 aliphatic heterocycles. The van der Waals surface area contributed by atoms with Gasteiger partial charge in [0, 0.05) is 6.54 Å². The van der Waals surface area contributed by atoms with Crippen LogP contribution in [-0.4, -0.2) is 48.6 Å². The highest BCUT2D eigenvalue weighted by Gasteiger charge is 2.28. The molecule has 0 saturated carbocycles. The number of amides is 1. The van der Waals surface area contributed by atoms with Crippen LogP contribution in [0.3, 0.4) is 0 Å². The van der Waals surface area contributed by atoms with Crippen LogP contribution in [0.25, 0.3) is 0 Å². The molecular weight excluding hydrogens is 320 g/mol. The first kappa shape index (κ1) is 19.3. The normalized spacial score (nSPS) is 19.4. The van der Waals surface area contributed by atoms with Gasteiger partial charge in [-0.25, -0.2) is 0 Å². The third-order valence-corrected chi connectivity index (χ3v) is 4.51. The molecule has 1 heterocycles. The van der Waals surface area contributed by atoms with E-state index in [0.717, 1.165) is 17.7 Å². The number of benzene rings is 1. The van der Waals surface area contributed by atoms with Gasteiger partial charge < -0.3 is 15.4 Å². The maximum Gasteiger partial charge on any atom is 0.239 e. The van der Waals surface area contributed by atoms with Crippen LogP contribution in [0.1, 0.15) is 23.7 Å². The lowest BCUT2D eigenvalue weighted by Crippen LogP contribution is -2.49. The third-order valence-electron chi connectivity index (χ3n) is 3.86.